The molecular formula is C42H41Cl2FN6O5. The molecule has 1 saturated heterocycles. The van der Waals surface area contributed by atoms with Crippen molar-refractivity contribution in [3.63, 3.8) is 0 Å². The fourth-order valence-corrected chi connectivity index (χ4v) is 8.62. The van der Waals surface area contributed by atoms with Crippen LogP contribution in [0.15, 0.2) is 67.0 Å². The molecule has 290 valence electrons. The molecule has 56 heavy (non-hydrogen) atoms. The van der Waals surface area contributed by atoms with Crippen LogP contribution >= 0.6 is 23.2 Å². The summed E-state index contributed by atoms with van der Waals surface area (Å²) in [6.45, 7) is 2.83. The zero-order chi connectivity index (χ0) is 39.1. The van der Waals surface area contributed by atoms with Crippen molar-refractivity contribution in [2.45, 2.75) is 51.5 Å². The zero-order valence-corrected chi connectivity index (χ0v) is 32.5. The second kappa shape index (κ2) is 15.9. The van der Waals surface area contributed by atoms with Crippen molar-refractivity contribution in [3.8, 4) is 22.6 Å². The number of ether oxygens (including phenoxy) is 2. The molecule has 0 bridgehead atoms. The Morgan fingerprint density at radius 3 is 2.62 bits per heavy atom. The van der Waals surface area contributed by atoms with Gasteiger partial charge >= 0.3 is 5.97 Å². The van der Waals surface area contributed by atoms with Crippen molar-refractivity contribution < 1.29 is 28.6 Å². The van der Waals surface area contributed by atoms with E-state index in [1.54, 1.807) is 30.6 Å². The maximum atomic E-state index is 16.7. The van der Waals surface area contributed by atoms with E-state index in [1.807, 2.05) is 60.0 Å². The van der Waals surface area contributed by atoms with Crippen LogP contribution in [0.5, 0.6) is 11.5 Å². The van der Waals surface area contributed by atoms with Gasteiger partial charge < -0.3 is 29.4 Å². The minimum absolute atomic E-state index is 0.00249. The largest absolute Gasteiger partial charge is 0.485 e. The highest BCUT2D eigenvalue weighted by Gasteiger charge is 2.33. The van der Waals surface area contributed by atoms with Gasteiger partial charge in [0.25, 0.3) is 5.91 Å². The van der Waals surface area contributed by atoms with E-state index in [9.17, 15) is 14.7 Å². The van der Waals surface area contributed by atoms with Crippen molar-refractivity contribution in [1.29, 1.82) is 0 Å². The highest BCUT2D eigenvalue weighted by Crippen LogP contribution is 2.46. The fourth-order valence-electron chi connectivity index (χ4n) is 8.08. The van der Waals surface area contributed by atoms with Crippen molar-refractivity contribution in [2.75, 3.05) is 32.0 Å². The summed E-state index contributed by atoms with van der Waals surface area (Å²) >= 11 is 13.8. The maximum absolute atomic E-state index is 16.7. The smallest absolute Gasteiger partial charge is 0.307 e. The van der Waals surface area contributed by atoms with E-state index in [1.165, 1.54) is 0 Å². The lowest BCUT2D eigenvalue weighted by Gasteiger charge is -2.23. The number of carbonyl (C=O) groups is 2. The molecule has 0 spiro atoms. The number of aliphatic carboxylic acids is 1. The summed E-state index contributed by atoms with van der Waals surface area (Å²) < 4.78 is 31.1. The number of fused-ring (bicyclic) bond motifs is 2. The van der Waals surface area contributed by atoms with E-state index in [4.69, 9.17) is 32.7 Å². The molecule has 2 atom stereocenters. The number of carbonyl (C=O) groups excluding carboxylic acids is 1. The molecule has 5 aromatic rings. The molecule has 2 aromatic heterocycles. The Balaban J connectivity index is 1.05. The predicted octanol–water partition coefficient (Wildman–Crippen LogP) is 7.72. The third kappa shape index (κ3) is 7.46. The molecule has 4 heterocycles. The van der Waals surface area contributed by atoms with E-state index in [-0.39, 0.29) is 35.6 Å². The minimum atomic E-state index is -0.845. The number of halogens is 3. The topological polar surface area (TPSA) is 122 Å². The molecule has 0 radical (unpaired) electrons. The normalized spacial score (nSPS) is 18.1. The van der Waals surface area contributed by atoms with Gasteiger partial charge in [-0.1, -0.05) is 59.6 Å². The number of hydrogen-bond acceptors (Lipinski definition) is 8. The van der Waals surface area contributed by atoms with Crippen LogP contribution in [0.2, 0.25) is 10.0 Å². The Bertz CT molecular complexity index is 2320. The summed E-state index contributed by atoms with van der Waals surface area (Å²) in [5, 5.41) is 13.0. The molecule has 2 unspecified atom stereocenters. The van der Waals surface area contributed by atoms with E-state index < -0.39 is 23.8 Å². The van der Waals surface area contributed by atoms with Gasteiger partial charge in [-0.3, -0.25) is 19.5 Å². The number of carboxylic acids is 1. The van der Waals surface area contributed by atoms with Gasteiger partial charge in [0.05, 0.1) is 27.3 Å². The summed E-state index contributed by atoms with van der Waals surface area (Å²) in [4.78, 5) is 38.1. The lowest BCUT2D eigenvalue weighted by Crippen LogP contribution is -2.27. The summed E-state index contributed by atoms with van der Waals surface area (Å²) in [5.41, 5.74) is 7.21. The van der Waals surface area contributed by atoms with Crippen molar-refractivity contribution >= 4 is 40.8 Å². The number of likely N-dealkylation sites (N-methyl/N-ethyl adjacent to an activating group) is 1. The molecule has 3 aliphatic rings. The van der Waals surface area contributed by atoms with Gasteiger partial charge in [0, 0.05) is 74.4 Å². The maximum Gasteiger partial charge on any atom is 0.307 e. The Hall–Kier alpha value is -5.01. The van der Waals surface area contributed by atoms with Crippen LogP contribution in [0.3, 0.4) is 0 Å². The van der Waals surface area contributed by atoms with E-state index in [0.717, 1.165) is 52.2 Å². The first-order valence-electron chi connectivity index (χ1n) is 18.6. The zero-order valence-electron chi connectivity index (χ0n) is 31.0. The quantitative estimate of drug-likeness (QED) is 0.138. The highest BCUT2D eigenvalue weighted by atomic mass is 35.5. The van der Waals surface area contributed by atoms with Gasteiger partial charge in [0.1, 0.15) is 12.7 Å². The Labute approximate surface area is 334 Å². The van der Waals surface area contributed by atoms with Gasteiger partial charge in [0.15, 0.2) is 17.3 Å². The highest BCUT2D eigenvalue weighted by molar-refractivity contribution is 6.36. The molecule has 11 nitrogen and oxygen atoms in total. The Morgan fingerprint density at radius 2 is 1.84 bits per heavy atom. The lowest BCUT2D eigenvalue weighted by molar-refractivity contribution is -0.141. The average molecular weight is 800 g/mol. The monoisotopic (exact) mass is 798 g/mol. The Kier molecular flexibility index (Phi) is 10.7. The SMILES string of the molecule is CN1CCc2c(nc(C(=O)Nc3cccc(-c4cccc5c4CCC5Oc4c(Cl)cc(CN5CCC(C(=O)O)C5)c(OCc5cccnc5)c4F)c3Cl)n2C)C1. The summed E-state index contributed by atoms with van der Waals surface area (Å²) in [6.07, 6.45) is 5.32. The van der Waals surface area contributed by atoms with Crippen LogP contribution in [-0.4, -0.2) is 68.0 Å². The summed E-state index contributed by atoms with van der Waals surface area (Å²) in [6, 6.07) is 16.7. The van der Waals surface area contributed by atoms with Crippen molar-refractivity contribution in [1.82, 2.24) is 24.3 Å². The first kappa shape index (κ1) is 37.9. The van der Waals surface area contributed by atoms with Gasteiger partial charge in [-0.25, -0.2) is 4.98 Å². The van der Waals surface area contributed by atoms with E-state index >= 15 is 4.39 Å². The third-order valence-corrected chi connectivity index (χ3v) is 11.7. The van der Waals surface area contributed by atoms with Gasteiger partial charge in [-0.05, 0) is 67.7 Å². The molecule has 2 aliphatic heterocycles. The average Bonchev–Trinajstić information content (AvgIpc) is 3.92. The number of benzene rings is 3. The van der Waals surface area contributed by atoms with Crippen LogP contribution in [0.25, 0.3) is 11.1 Å². The van der Waals surface area contributed by atoms with Crippen molar-refractivity contribution in [3.05, 3.63) is 122 Å². The molecule has 1 aliphatic carbocycles. The van der Waals surface area contributed by atoms with Crippen LogP contribution in [0, 0.1) is 11.7 Å². The molecule has 14 heteroatoms. The van der Waals surface area contributed by atoms with Gasteiger partial charge in [-0.15, -0.1) is 0 Å². The number of amides is 1. The number of rotatable bonds is 11. The molecule has 1 amide bonds. The van der Waals surface area contributed by atoms with Crippen LogP contribution in [-0.2, 0) is 44.4 Å². The molecule has 2 N–H and O–H groups in total. The number of imidazole rings is 1. The van der Waals surface area contributed by atoms with Gasteiger partial charge in [0.2, 0.25) is 5.82 Å². The molecule has 3 aromatic carbocycles. The predicted molar refractivity (Wildman–Crippen MR) is 211 cm³/mol. The fraction of sp³-hybridized carbons (Fsp3) is 0.333. The number of likely N-dealkylation sites (tertiary alicyclic amines) is 1. The number of aromatic nitrogens is 3. The van der Waals surface area contributed by atoms with Crippen LogP contribution in [0.4, 0.5) is 10.1 Å². The molecule has 1 fully saturated rings. The van der Waals surface area contributed by atoms with Crippen LogP contribution in [0.1, 0.15) is 63.2 Å². The number of pyridine rings is 1. The molecular weight excluding hydrogens is 758 g/mol. The van der Waals surface area contributed by atoms with E-state index in [2.05, 4.69) is 20.2 Å². The first-order chi connectivity index (χ1) is 27.0. The number of anilines is 1. The Morgan fingerprint density at radius 1 is 1.02 bits per heavy atom. The molecule has 8 rings (SSSR count). The second-order valence-corrected chi connectivity index (χ2v) is 15.5. The molecule has 0 saturated carbocycles. The van der Waals surface area contributed by atoms with Crippen LogP contribution < -0.4 is 14.8 Å². The lowest BCUT2D eigenvalue weighted by atomic mass is 9.96. The summed E-state index contributed by atoms with van der Waals surface area (Å²) in [5.74, 6) is -2.17. The second-order valence-electron chi connectivity index (χ2n) is 14.7. The number of nitrogens with zero attached hydrogens (tertiary/aromatic N) is 5. The first-order valence-corrected chi connectivity index (χ1v) is 19.4. The minimum Gasteiger partial charge on any atom is -0.485 e. The third-order valence-electron chi connectivity index (χ3n) is 11.0. The number of hydrogen-bond donors (Lipinski definition) is 2. The summed E-state index contributed by atoms with van der Waals surface area (Å²) in [7, 11) is 3.91. The van der Waals surface area contributed by atoms with Gasteiger partial charge in [-0.2, -0.15) is 4.39 Å². The van der Waals surface area contributed by atoms with Crippen molar-refractivity contribution in [2.24, 2.45) is 13.0 Å². The number of nitrogens with one attached hydrogen (secondary N) is 1. The standard InChI is InChI=1S/C42H41Cl2FN6O5/c1-49-16-14-34-33(22-49)47-40(50(34)2)41(52)48-32-10-4-9-30(36(32)44)27-7-3-8-29-28(27)11-12-35(29)56-39-31(43)18-26(21-51-17-13-25(20-51)42(53)54)38(37(39)45)55-23-24-6-5-15-46-19-24/h3-10,15,18-19,25,35H,11-14,16-17,20-23H2,1-2H3,(H,48,52)(H,53,54). The van der Waals surface area contributed by atoms with E-state index in [0.29, 0.717) is 61.0 Å². The number of carboxylic acid groups (broad SMARTS) is 1.